The van der Waals surface area contributed by atoms with Gasteiger partial charge in [0.25, 0.3) is 0 Å². The molecule has 0 fully saturated rings. The molecule has 0 rings (SSSR count). The number of hydrogen-bond donors (Lipinski definition) is 0. The van der Waals surface area contributed by atoms with E-state index in [1.807, 2.05) is 6.92 Å². The summed E-state index contributed by atoms with van der Waals surface area (Å²) in [5.74, 6) is -0.0984. The van der Waals surface area contributed by atoms with Crippen LogP contribution in [0.5, 0.6) is 0 Å². The molecule has 0 aliphatic heterocycles. The van der Waals surface area contributed by atoms with E-state index < -0.39 is 0 Å². The summed E-state index contributed by atoms with van der Waals surface area (Å²) in [4.78, 5) is 21.0. The van der Waals surface area contributed by atoms with E-state index in [0.29, 0.717) is 6.61 Å². The minimum atomic E-state index is -0.335. The van der Waals surface area contributed by atoms with E-state index >= 15 is 0 Å². The zero-order valence-electron chi connectivity index (χ0n) is 9.10. The van der Waals surface area contributed by atoms with Crippen molar-refractivity contribution >= 4 is 17.7 Å². The fourth-order valence-electron chi connectivity index (χ4n) is 1.10. The highest BCUT2D eigenvalue weighted by atomic mass is 32.2. The summed E-state index contributed by atoms with van der Waals surface area (Å²) >= 11 is 1.31. The van der Waals surface area contributed by atoms with Gasteiger partial charge in [-0.25, -0.2) is 0 Å². The largest absolute Gasteiger partial charge is 0.465 e. The summed E-state index contributed by atoms with van der Waals surface area (Å²) in [6, 6.07) is 0. The van der Waals surface area contributed by atoms with E-state index in [-0.39, 0.29) is 28.4 Å². The van der Waals surface area contributed by atoms with E-state index in [0.717, 1.165) is 12.8 Å². The van der Waals surface area contributed by atoms with Gasteiger partial charge in [-0.15, -0.1) is 11.8 Å². The van der Waals surface area contributed by atoms with Crippen molar-refractivity contribution in [3.05, 3.63) is 10.1 Å². The van der Waals surface area contributed by atoms with Gasteiger partial charge in [0, 0.05) is 4.92 Å². The first-order valence-corrected chi connectivity index (χ1v) is 6.04. The maximum atomic E-state index is 11.0. The molecule has 1 atom stereocenters. The Morgan fingerprint density at radius 3 is 2.67 bits per heavy atom. The molecule has 0 aliphatic carbocycles. The Morgan fingerprint density at radius 2 is 2.20 bits per heavy atom. The molecule has 88 valence electrons. The van der Waals surface area contributed by atoms with Crippen LogP contribution in [0.3, 0.4) is 0 Å². The second-order valence-corrected chi connectivity index (χ2v) is 4.33. The van der Waals surface area contributed by atoms with Gasteiger partial charge in [-0.2, -0.15) is 0 Å². The van der Waals surface area contributed by atoms with Crippen molar-refractivity contribution in [3.8, 4) is 0 Å². The van der Waals surface area contributed by atoms with E-state index in [4.69, 9.17) is 4.74 Å². The van der Waals surface area contributed by atoms with Crippen molar-refractivity contribution in [2.24, 2.45) is 0 Å². The molecular formula is C9H17NO4S. The third kappa shape index (κ3) is 8.23. The van der Waals surface area contributed by atoms with Crippen LogP contribution in [0.15, 0.2) is 0 Å². The Hall–Kier alpha value is -0.780. The smallest absolute Gasteiger partial charge is 0.315 e. The monoisotopic (exact) mass is 235 g/mol. The zero-order chi connectivity index (χ0) is 11.7. The Balaban J connectivity index is 3.84. The molecule has 0 N–H and O–H groups in total. The molecule has 5 nitrogen and oxygen atoms in total. The van der Waals surface area contributed by atoms with Crippen molar-refractivity contribution in [2.45, 2.75) is 31.9 Å². The van der Waals surface area contributed by atoms with Gasteiger partial charge < -0.3 is 4.74 Å². The number of carbonyl (C=O) groups excluding carboxylic acids is 1. The van der Waals surface area contributed by atoms with Gasteiger partial charge in [0.15, 0.2) is 0 Å². The quantitative estimate of drug-likeness (QED) is 0.364. The van der Waals surface area contributed by atoms with E-state index in [1.165, 1.54) is 11.8 Å². The van der Waals surface area contributed by atoms with Crippen LogP contribution in [-0.4, -0.2) is 35.0 Å². The Morgan fingerprint density at radius 1 is 1.53 bits per heavy atom. The molecule has 1 unspecified atom stereocenters. The predicted molar refractivity (Wildman–Crippen MR) is 59.6 cm³/mol. The second-order valence-electron chi connectivity index (χ2n) is 3.04. The maximum absolute atomic E-state index is 11.0. The molecule has 0 saturated heterocycles. The molecule has 0 bridgehead atoms. The average Bonchev–Trinajstić information content (AvgIpc) is 2.14. The van der Waals surface area contributed by atoms with Crippen LogP contribution in [0.1, 0.15) is 26.7 Å². The Kier molecular flexibility index (Phi) is 8.08. The lowest BCUT2D eigenvalue weighted by Crippen LogP contribution is -2.19. The topological polar surface area (TPSA) is 69.4 Å². The Labute approximate surface area is 93.7 Å². The molecule has 0 radical (unpaired) electrons. The molecular weight excluding hydrogens is 218 g/mol. The molecule has 0 saturated carbocycles. The van der Waals surface area contributed by atoms with E-state index in [1.54, 1.807) is 6.92 Å². The lowest BCUT2D eigenvalue weighted by Gasteiger charge is -2.10. The summed E-state index contributed by atoms with van der Waals surface area (Å²) in [6.07, 6.45) is 1.64. The second kappa shape index (κ2) is 8.52. The molecule has 0 heterocycles. The van der Waals surface area contributed by atoms with Crippen LogP contribution in [0.25, 0.3) is 0 Å². The third-order valence-electron chi connectivity index (χ3n) is 1.71. The van der Waals surface area contributed by atoms with Gasteiger partial charge in [-0.1, -0.05) is 13.3 Å². The summed E-state index contributed by atoms with van der Waals surface area (Å²) in [6.45, 7) is 3.98. The van der Waals surface area contributed by atoms with Crippen LogP contribution in [0.4, 0.5) is 0 Å². The molecule has 0 aromatic heterocycles. The SMILES string of the molecule is CCCC(C[N+](=O)[O-])SCC(=O)OCC. The summed E-state index contributed by atoms with van der Waals surface area (Å²) in [5.41, 5.74) is 0. The van der Waals surface area contributed by atoms with Gasteiger partial charge in [-0.3, -0.25) is 14.9 Å². The molecule has 0 spiro atoms. The Bertz CT molecular complexity index is 210. The first kappa shape index (κ1) is 14.2. The first-order chi connectivity index (χ1) is 7.10. The number of hydrogen-bond acceptors (Lipinski definition) is 5. The van der Waals surface area contributed by atoms with Gasteiger partial charge >= 0.3 is 5.97 Å². The normalized spacial score (nSPS) is 12.1. The molecule has 0 aliphatic rings. The van der Waals surface area contributed by atoms with Gasteiger partial charge in [0.2, 0.25) is 6.54 Å². The van der Waals surface area contributed by atoms with Crippen molar-refractivity contribution in [1.82, 2.24) is 0 Å². The van der Waals surface area contributed by atoms with E-state index in [2.05, 4.69) is 0 Å². The average molecular weight is 235 g/mol. The van der Waals surface area contributed by atoms with Gasteiger partial charge in [0.05, 0.1) is 17.6 Å². The van der Waals surface area contributed by atoms with E-state index in [9.17, 15) is 14.9 Å². The van der Waals surface area contributed by atoms with Crippen molar-refractivity contribution in [3.63, 3.8) is 0 Å². The van der Waals surface area contributed by atoms with Crippen molar-refractivity contribution in [1.29, 1.82) is 0 Å². The molecule has 0 aromatic rings. The molecule has 0 aromatic carbocycles. The van der Waals surface area contributed by atoms with Crippen LogP contribution < -0.4 is 0 Å². The molecule has 6 heteroatoms. The number of nitrogens with zero attached hydrogens (tertiary/aromatic N) is 1. The van der Waals surface area contributed by atoms with Crippen molar-refractivity contribution < 1.29 is 14.5 Å². The van der Waals surface area contributed by atoms with Crippen molar-refractivity contribution in [2.75, 3.05) is 18.9 Å². The number of carbonyl (C=O) groups is 1. The number of esters is 1. The lowest BCUT2D eigenvalue weighted by atomic mass is 10.2. The first-order valence-electron chi connectivity index (χ1n) is 4.99. The summed E-state index contributed by atoms with van der Waals surface area (Å²) in [7, 11) is 0. The number of rotatable bonds is 8. The fourth-order valence-corrected chi connectivity index (χ4v) is 2.19. The number of thioether (sulfide) groups is 1. The van der Waals surface area contributed by atoms with Crippen LogP contribution in [0, 0.1) is 10.1 Å². The maximum Gasteiger partial charge on any atom is 0.315 e. The molecule has 0 amide bonds. The minimum Gasteiger partial charge on any atom is -0.465 e. The highest BCUT2D eigenvalue weighted by Crippen LogP contribution is 2.16. The van der Waals surface area contributed by atoms with Crippen LogP contribution in [-0.2, 0) is 9.53 Å². The van der Waals surface area contributed by atoms with Crippen LogP contribution in [0.2, 0.25) is 0 Å². The summed E-state index contributed by atoms with van der Waals surface area (Å²) < 4.78 is 4.75. The standard InChI is InChI=1S/C9H17NO4S/c1-3-5-8(6-10(12)13)15-7-9(11)14-4-2/h8H,3-7H2,1-2H3. The fraction of sp³-hybridized carbons (Fsp3) is 0.889. The van der Waals surface area contributed by atoms with Gasteiger partial charge in [0.1, 0.15) is 0 Å². The third-order valence-corrected chi connectivity index (χ3v) is 2.96. The van der Waals surface area contributed by atoms with Gasteiger partial charge in [-0.05, 0) is 13.3 Å². The highest BCUT2D eigenvalue weighted by molar-refractivity contribution is 8.00. The zero-order valence-corrected chi connectivity index (χ0v) is 9.92. The number of ether oxygens (including phenoxy) is 1. The molecule has 15 heavy (non-hydrogen) atoms. The van der Waals surface area contributed by atoms with Crippen LogP contribution >= 0.6 is 11.8 Å². The number of nitro groups is 1. The predicted octanol–water partition coefficient (Wildman–Crippen LogP) is 1.73. The summed E-state index contributed by atoms with van der Waals surface area (Å²) in [5, 5.41) is 10.2. The highest BCUT2D eigenvalue weighted by Gasteiger charge is 2.16. The lowest BCUT2D eigenvalue weighted by molar-refractivity contribution is -0.479. The minimum absolute atomic E-state index is 0.0854.